The van der Waals surface area contributed by atoms with E-state index in [0.717, 1.165) is 11.4 Å². The van der Waals surface area contributed by atoms with Gasteiger partial charge in [-0.1, -0.05) is 12.1 Å². The van der Waals surface area contributed by atoms with Crippen LogP contribution in [0, 0.1) is 0 Å². The Hall–Kier alpha value is -2.08. The number of fused-ring (bicyclic) bond motifs is 1. The van der Waals surface area contributed by atoms with Crippen molar-refractivity contribution in [1.82, 2.24) is 0 Å². The van der Waals surface area contributed by atoms with Crippen LogP contribution in [0.25, 0.3) is 0 Å². The molecular weight excluding hydrogens is 254 g/mol. The lowest BCUT2D eigenvalue weighted by atomic mass is 10.3. The molecule has 0 spiro atoms. The Kier molecular flexibility index (Phi) is 5.66. The number of rotatable bonds is 2. The van der Waals surface area contributed by atoms with Crippen LogP contribution < -0.4 is 0 Å². The van der Waals surface area contributed by atoms with Gasteiger partial charge >= 0.3 is 11.9 Å². The summed E-state index contributed by atoms with van der Waals surface area (Å²) in [5.41, 5.74) is 1.11. The van der Waals surface area contributed by atoms with Gasteiger partial charge in [0, 0.05) is 29.0 Å². The predicted molar refractivity (Wildman–Crippen MR) is 69.7 cm³/mol. The second kappa shape index (κ2) is 7.29. The van der Waals surface area contributed by atoms with Crippen molar-refractivity contribution in [2.24, 2.45) is 4.99 Å². The fourth-order valence-corrected chi connectivity index (χ4v) is 1.86. The van der Waals surface area contributed by atoms with Crippen molar-refractivity contribution in [3.63, 3.8) is 0 Å². The maximum Gasteiger partial charge on any atom is 0.328 e. The highest BCUT2D eigenvalue weighted by atomic mass is 32.2. The molecule has 0 aliphatic carbocycles. The zero-order valence-electron chi connectivity index (χ0n) is 9.31. The Labute approximate surface area is 108 Å². The molecule has 0 bridgehead atoms. The number of thioether (sulfide) groups is 1. The largest absolute Gasteiger partial charge is 0.478 e. The van der Waals surface area contributed by atoms with Crippen LogP contribution in [0.1, 0.15) is 0 Å². The molecule has 1 heterocycles. The molecule has 5 nitrogen and oxygen atoms in total. The summed E-state index contributed by atoms with van der Waals surface area (Å²) in [5, 5.41) is 15.6. The first-order valence-corrected chi connectivity index (χ1v) is 5.96. The monoisotopic (exact) mass is 265 g/mol. The highest BCUT2D eigenvalue weighted by molar-refractivity contribution is 8.00. The maximum atomic E-state index is 9.55. The average molecular weight is 265 g/mol. The summed E-state index contributed by atoms with van der Waals surface area (Å²) in [4.78, 5) is 24.7. The minimum Gasteiger partial charge on any atom is -0.478 e. The van der Waals surface area contributed by atoms with E-state index in [1.807, 2.05) is 36.2 Å². The third-order valence-electron chi connectivity index (χ3n) is 1.78. The summed E-state index contributed by atoms with van der Waals surface area (Å²) in [6.07, 6.45) is 3.07. The maximum absolute atomic E-state index is 9.55. The summed E-state index contributed by atoms with van der Waals surface area (Å²) in [5.74, 6) is -1.50. The first-order valence-electron chi connectivity index (χ1n) is 4.98. The third-order valence-corrected chi connectivity index (χ3v) is 2.75. The molecule has 2 rings (SSSR count). The number of carboxylic acids is 2. The number of hydrogen-bond acceptors (Lipinski definition) is 4. The van der Waals surface area contributed by atoms with Gasteiger partial charge in [-0.3, -0.25) is 4.99 Å². The number of hydrogen-bond donors (Lipinski definition) is 2. The van der Waals surface area contributed by atoms with Gasteiger partial charge < -0.3 is 10.2 Å². The molecule has 0 atom stereocenters. The van der Waals surface area contributed by atoms with E-state index in [0.29, 0.717) is 12.2 Å². The fourth-order valence-electron chi connectivity index (χ4n) is 1.09. The first kappa shape index (κ1) is 14.0. The van der Waals surface area contributed by atoms with Crippen molar-refractivity contribution in [1.29, 1.82) is 0 Å². The molecule has 0 radical (unpaired) electrons. The van der Waals surface area contributed by atoms with Gasteiger partial charge in [0.25, 0.3) is 0 Å². The summed E-state index contributed by atoms with van der Waals surface area (Å²) < 4.78 is 0. The van der Waals surface area contributed by atoms with Crippen molar-refractivity contribution in [3.05, 3.63) is 36.4 Å². The number of para-hydroxylation sites is 1. The van der Waals surface area contributed by atoms with Crippen LogP contribution in [0.4, 0.5) is 5.69 Å². The lowest BCUT2D eigenvalue weighted by Gasteiger charge is -2.06. The highest BCUT2D eigenvalue weighted by Crippen LogP contribution is 2.31. The molecule has 18 heavy (non-hydrogen) atoms. The number of aliphatic imine (C=N–C) groups is 1. The fraction of sp³-hybridized carbons (Fsp3) is 0.0833. The van der Waals surface area contributed by atoms with Crippen molar-refractivity contribution in [2.45, 2.75) is 4.90 Å². The van der Waals surface area contributed by atoms with Gasteiger partial charge in [0.1, 0.15) is 0 Å². The zero-order valence-corrected chi connectivity index (χ0v) is 10.1. The van der Waals surface area contributed by atoms with Gasteiger partial charge in [0.15, 0.2) is 0 Å². The molecule has 2 N–H and O–H groups in total. The second-order valence-corrected chi connectivity index (χ2v) is 4.16. The first-order chi connectivity index (χ1) is 8.59. The third kappa shape index (κ3) is 5.31. The summed E-state index contributed by atoms with van der Waals surface area (Å²) in [6, 6.07) is 8.21. The van der Waals surface area contributed by atoms with Crippen LogP contribution in [0.2, 0.25) is 0 Å². The van der Waals surface area contributed by atoms with Gasteiger partial charge in [-0.15, -0.1) is 11.8 Å². The van der Waals surface area contributed by atoms with Gasteiger partial charge in [0.05, 0.1) is 5.69 Å². The minimum atomic E-state index is -1.26. The normalized spacial score (nSPS) is 12.4. The molecule has 6 heteroatoms. The van der Waals surface area contributed by atoms with E-state index in [-0.39, 0.29) is 0 Å². The molecule has 0 saturated heterocycles. The van der Waals surface area contributed by atoms with E-state index in [4.69, 9.17) is 10.2 Å². The lowest BCUT2D eigenvalue weighted by Crippen LogP contribution is -1.91. The number of nitrogens with zero attached hydrogens (tertiary/aromatic N) is 1. The van der Waals surface area contributed by atoms with Crippen LogP contribution in [-0.2, 0) is 9.59 Å². The molecule has 0 fully saturated rings. The Morgan fingerprint density at radius 1 is 1.17 bits per heavy atom. The second-order valence-electron chi connectivity index (χ2n) is 3.10. The number of carbonyl (C=O) groups is 2. The SMILES string of the molecule is C1=Nc2ccccc2SC1.O=C(O)/C=C\C(=O)O. The Morgan fingerprint density at radius 3 is 2.33 bits per heavy atom. The van der Waals surface area contributed by atoms with E-state index < -0.39 is 11.9 Å². The topological polar surface area (TPSA) is 87.0 Å². The standard InChI is InChI=1S/C8H7NS.C4H4O4/c1-2-4-8-7(3-1)9-5-6-10-8;5-3(6)1-2-4(7)8/h1-5H,6H2;1-2H,(H,5,6)(H,7,8)/b;2-1-. The minimum absolute atomic E-state index is 0.558. The van der Waals surface area contributed by atoms with Gasteiger partial charge in [-0.2, -0.15) is 0 Å². The van der Waals surface area contributed by atoms with Gasteiger partial charge in [0.2, 0.25) is 0 Å². The molecule has 1 aliphatic heterocycles. The average Bonchev–Trinajstić information content (AvgIpc) is 2.37. The Morgan fingerprint density at radius 2 is 1.78 bits per heavy atom. The summed E-state index contributed by atoms with van der Waals surface area (Å²) >= 11 is 1.84. The molecule has 0 amide bonds. The Bertz CT molecular complexity index is 481. The van der Waals surface area contributed by atoms with E-state index >= 15 is 0 Å². The molecule has 1 aromatic rings. The van der Waals surface area contributed by atoms with Crippen molar-refractivity contribution in [2.75, 3.05) is 5.75 Å². The Balaban J connectivity index is 0.000000187. The van der Waals surface area contributed by atoms with Crippen LogP contribution in [0.15, 0.2) is 46.3 Å². The van der Waals surface area contributed by atoms with Crippen molar-refractivity contribution < 1.29 is 19.8 Å². The molecule has 0 aromatic heterocycles. The smallest absolute Gasteiger partial charge is 0.328 e. The quantitative estimate of drug-likeness (QED) is 0.800. The van der Waals surface area contributed by atoms with Gasteiger partial charge in [-0.05, 0) is 12.1 Å². The predicted octanol–water partition coefficient (Wildman–Crippen LogP) is 2.21. The highest BCUT2D eigenvalue weighted by Gasteiger charge is 2.02. The van der Waals surface area contributed by atoms with Crippen LogP contribution in [0.5, 0.6) is 0 Å². The van der Waals surface area contributed by atoms with Gasteiger partial charge in [-0.25, -0.2) is 9.59 Å². The van der Waals surface area contributed by atoms with E-state index in [1.165, 1.54) is 4.90 Å². The van der Waals surface area contributed by atoms with E-state index in [2.05, 4.69) is 11.1 Å². The van der Waals surface area contributed by atoms with Crippen LogP contribution >= 0.6 is 11.8 Å². The summed E-state index contributed by atoms with van der Waals surface area (Å²) in [7, 11) is 0. The summed E-state index contributed by atoms with van der Waals surface area (Å²) in [6.45, 7) is 0. The van der Waals surface area contributed by atoms with Crippen LogP contribution in [-0.4, -0.2) is 34.1 Å². The number of carboxylic acid groups (broad SMARTS) is 2. The lowest BCUT2D eigenvalue weighted by molar-refractivity contribution is -0.134. The molecule has 0 saturated carbocycles. The zero-order chi connectivity index (χ0) is 13.4. The number of aliphatic carboxylic acids is 2. The van der Waals surface area contributed by atoms with Crippen LogP contribution in [0.3, 0.4) is 0 Å². The van der Waals surface area contributed by atoms with Crippen molar-refractivity contribution >= 4 is 35.6 Å². The molecular formula is C12H11NO4S. The van der Waals surface area contributed by atoms with Crippen molar-refractivity contribution in [3.8, 4) is 0 Å². The number of benzene rings is 1. The molecule has 1 aliphatic rings. The molecule has 0 unspecified atom stereocenters. The van der Waals surface area contributed by atoms with E-state index in [1.54, 1.807) is 0 Å². The van der Waals surface area contributed by atoms with E-state index in [9.17, 15) is 9.59 Å². The molecule has 94 valence electrons. The molecule has 1 aromatic carbocycles.